The second-order valence-electron chi connectivity index (χ2n) is 5.06. The molecule has 108 valence electrons. The lowest BCUT2D eigenvalue weighted by atomic mass is 10.1. The second-order valence-corrected chi connectivity index (χ2v) is 6.18. The maximum atomic E-state index is 9.36. The molecule has 1 heterocycles. The lowest BCUT2D eigenvalue weighted by molar-refractivity contribution is 0.195. The molecule has 0 saturated heterocycles. The van der Waals surface area contributed by atoms with E-state index >= 15 is 0 Å². The number of aliphatic hydroxyl groups excluding tert-OH is 1. The Morgan fingerprint density at radius 1 is 1.14 bits per heavy atom. The minimum absolute atomic E-state index is 0.320. The number of hydrogen-bond donors (Lipinski definition) is 1. The summed E-state index contributed by atoms with van der Waals surface area (Å²) >= 11 is 1.66. The highest BCUT2D eigenvalue weighted by atomic mass is 32.1. The Morgan fingerprint density at radius 2 is 1.90 bits per heavy atom. The summed E-state index contributed by atoms with van der Waals surface area (Å²) in [7, 11) is 0. The summed E-state index contributed by atoms with van der Waals surface area (Å²) in [6.07, 6.45) is 0.345. The van der Waals surface area contributed by atoms with Crippen LogP contribution in [-0.4, -0.2) is 16.2 Å². The molecule has 1 atom stereocenters. The molecular formula is C17H17NO2S. The molecule has 1 unspecified atom stereocenters. The topological polar surface area (TPSA) is 42.4 Å². The average Bonchev–Trinajstić information content (AvgIpc) is 2.89. The SMILES string of the molecule is CC(O)Cc1ccc(OCc2nc3ccccc3s2)cc1. The molecule has 0 saturated carbocycles. The van der Waals surface area contributed by atoms with Crippen LogP contribution in [0.3, 0.4) is 0 Å². The van der Waals surface area contributed by atoms with Crippen LogP contribution in [0.15, 0.2) is 48.5 Å². The van der Waals surface area contributed by atoms with Crippen LogP contribution in [0.2, 0.25) is 0 Å². The van der Waals surface area contributed by atoms with Crippen molar-refractivity contribution in [2.24, 2.45) is 0 Å². The van der Waals surface area contributed by atoms with Crippen molar-refractivity contribution in [3.8, 4) is 5.75 Å². The van der Waals surface area contributed by atoms with E-state index in [2.05, 4.69) is 11.1 Å². The van der Waals surface area contributed by atoms with E-state index in [0.29, 0.717) is 13.0 Å². The quantitative estimate of drug-likeness (QED) is 0.779. The van der Waals surface area contributed by atoms with Crippen molar-refractivity contribution < 1.29 is 9.84 Å². The molecule has 0 aliphatic carbocycles. The summed E-state index contributed by atoms with van der Waals surface area (Å²) in [6, 6.07) is 15.9. The number of fused-ring (bicyclic) bond motifs is 1. The maximum Gasteiger partial charge on any atom is 0.140 e. The van der Waals surface area contributed by atoms with E-state index in [-0.39, 0.29) is 6.10 Å². The Labute approximate surface area is 127 Å². The molecule has 3 nitrogen and oxygen atoms in total. The van der Waals surface area contributed by atoms with E-state index in [1.54, 1.807) is 18.3 Å². The average molecular weight is 299 g/mol. The van der Waals surface area contributed by atoms with Crippen molar-refractivity contribution in [3.05, 3.63) is 59.1 Å². The third-order valence-corrected chi connectivity index (χ3v) is 4.16. The Kier molecular flexibility index (Phi) is 4.18. The number of para-hydroxylation sites is 1. The fourth-order valence-electron chi connectivity index (χ4n) is 2.19. The Bertz CT molecular complexity index is 686. The summed E-state index contributed by atoms with van der Waals surface area (Å²) in [5.41, 5.74) is 2.13. The molecule has 0 radical (unpaired) electrons. The zero-order chi connectivity index (χ0) is 14.7. The molecule has 0 spiro atoms. The van der Waals surface area contributed by atoms with Gasteiger partial charge in [-0.25, -0.2) is 4.98 Å². The first-order valence-electron chi connectivity index (χ1n) is 6.95. The van der Waals surface area contributed by atoms with Gasteiger partial charge in [-0.3, -0.25) is 0 Å². The summed E-state index contributed by atoms with van der Waals surface area (Å²) in [5, 5.41) is 10.3. The molecule has 0 bridgehead atoms. The number of aromatic nitrogens is 1. The standard InChI is InChI=1S/C17H17NO2S/c1-12(19)10-13-6-8-14(9-7-13)20-11-17-18-15-4-2-3-5-16(15)21-17/h2-9,12,19H,10-11H2,1H3. The van der Waals surface area contributed by atoms with Gasteiger partial charge in [0.2, 0.25) is 0 Å². The van der Waals surface area contributed by atoms with Gasteiger partial charge in [0.25, 0.3) is 0 Å². The van der Waals surface area contributed by atoms with Gasteiger partial charge >= 0.3 is 0 Å². The van der Waals surface area contributed by atoms with Crippen LogP contribution in [0, 0.1) is 0 Å². The van der Waals surface area contributed by atoms with Gasteiger partial charge in [-0.05, 0) is 43.2 Å². The zero-order valence-electron chi connectivity index (χ0n) is 11.8. The van der Waals surface area contributed by atoms with Crippen LogP contribution in [0.4, 0.5) is 0 Å². The Morgan fingerprint density at radius 3 is 2.62 bits per heavy atom. The van der Waals surface area contributed by atoms with E-state index in [1.165, 1.54) is 4.70 Å². The number of hydrogen-bond acceptors (Lipinski definition) is 4. The van der Waals surface area contributed by atoms with Gasteiger partial charge in [0.15, 0.2) is 0 Å². The van der Waals surface area contributed by atoms with Crippen LogP contribution in [-0.2, 0) is 13.0 Å². The molecule has 0 amide bonds. The third kappa shape index (κ3) is 3.60. The summed E-state index contributed by atoms with van der Waals surface area (Å²) in [4.78, 5) is 4.55. The zero-order valence-corrected chi connectivity index (χ0v) is 12.6. The van der Waals surface area contributed by atoms with Crippen LogP contribution >= 0.6 is 11.3 Å². The lowest BCUT2D eigenvalue weighted by Crippen LogP contribution is -2.03. The fraction of sp³-hybridized carbons (Fsp3) is 0.235. The molecule has 0 fully saturated rings. The molecule has 3 rings (SSSR count). The number of aliphatic hydroxyl groups is 1. The van der Waals surface area contributed by atoms with Gasteiger partial charge in [0.05, 0.1) is 16.3 Å². The van der Waals surface area contributed by atoms with Crippen LogP contribution in [0.25, 0.3) is 10.2 Å². The van der Waals surface area contributed by atoms with Gasteiger partial charge in [-0.1, -0.05) is 24.3 Å². The normalized spacial score (nSPS) is 12.5. The van der Waals surface area contributed by atoms with E-state index in [9.17, 15) is 5.11 Å². The smallest absolute Gasteiger partial charge is 0.140 e. The van der Waals surface area contributed by atoms with Gasteiger partial charge in [0.1, 0.15) is 17.4 Å². The molecule has 2 aromatic carbocycles. The molecule has 0 aliphatic heterocycles. The predicted octanol–water partition coefficient (Wildman–Crippen LogP) is 3.80. The molecule has 4 heteroatoms. The van der Waals surface area contributed by atoms with Crippen molar-refractivity contribution in [3.63, 3.8) is 0 Å². The number of rotatable bonds is 5. The number of benzene rings is 2. The van der Waals surface area contributed by atoms with Gasteiger partial charge in [-0.2, -0.15) is 0 Å². The van der Waals surface area contributed by atoms with Crippen LogP contribution in [0.1, 0.15) is 17.5 Å². The molecule has 1 N–H and O–H groups in total. The molecule has 21 heavy (non-hydrogen) atoms. The second kappa shape index (κ2) is 6.24. The van der Waals surface area contributed by atoms with E-state index in [4.69, 9.17) is 4.74 Å². The highest BCUT2D eigenvalue weighted by molar-refractivity contribution is 7.18. The van der Waals surface area contributed by atoms with E-state index in [1.807, 2.05) is 42.5 Å². The van der Waals surface area contributed by atoms with Gasteiger partial charge in [0, 0.05) is 0 Å². The minimum Gasteiger partial charge on any atom is -0.486 e. The van der Waals surface area contributed by atoms with Crippen molar-refractivity contribution >= 4 is 21.6 Å². The predicted molar refractivity (Wildman–Crippen MR) is 85.8 cm³/mol. The van der Waals surface area contributed by atoms with Crippen molar-refractivity contribution in [1.29, 1.82) is 0 Å². The van der Waals surface area contributed by atoms with E-state index < -0.39 is 0 Å². The molecule has 1 aromatic heterocycles. The number of nitrogens with zero attached hydrogens (tertiary/aromatic N) is 1. The first-order chi connectivity index (χ1) is 10.2. The number of thiazole rings is 1. The first-order valence-corrected chi connectivity index (χ1v) is 7.76. The summed E-state index contributed by atoms with van der Waals surface area (Å²) in [6.45, 7) is 2.27. The lowest BCUT2D eigenvalue weighted by Gasteiger charge is -2.07. The summed E-state index contributed by atoms with van der Waals surface area (Å²) < 4.78 is 6.95. The van der Waals surface area contributed by atoms with Crippen molar-refractivity contribution in [2.75, 3.05) is 0 Å². The first kappa shape index (κ1) is 14.0. The van der Waals surface area contributed by atoms with Gasteiger partial charge < -0.3 is 9.84 Å². The largest absolute Gasteiger partial charge is 0.486 e. The number of ether oxygens (including phenoxy) is 1. The fourth-order valence-corrected chi connectivity index (χ4v) is 3.07. The van der Waals surface area contributed by atoms with Crippen LogP contribution < -0.4 is 4.74 Å². The Balaban J connectivity index is 1.64. The monoisotopic (exact) mass is 299 g/mol. The van der Waals surface area contributed by atoms with Gasteiger partial charge in [-0.15, -0.1) is 11.3 Å². The van der Waals surface area contributed by atoms with Crippen molar-refractivity contribution in [2.45, 2.75) is 26.1 Å². The molecule has 0 aliphatic rings. The Hall–Kier alpha value is -1.91. The highest BCUT2D eigenvalue weighted by Gasteiger charge is 2.04. The summed E-state index contributed by atoms with van der Waals surface area (Å²) in [5.74, 6) is 0.823. The molecule has 3 aromatic rings. The third-order valence-electron chi connectivity index (χ3n) is 3.15. The minimum atomic E-state index is -0.320. The van der Waals surface area contributed by atoms with Crippen molar-refractivity contribution in [1.82, 2.24) is 4.98 Å². The molecular weight excluding hydrogens is 282 g/mol. The van der Waals surface area contributed by atoms with E-state index in [0.717, 1.165) is 21.8 Å². The highest BCUT2D eigenvalue weighted by Crippen LogP contribution is 2.23. The maximum absolute atomic E-state index is 9.36. The van der Waals surface area contributed by atoms with Crippen LogP contribution in [0.5, 0.6) is 5.75 Å².